The molecule has 0 spiro atoms. The summed E-state index contributed by atoms with van der Waals surface area (Å²) in [4.78, 5) is 15.5. The molecule has 0 atom stereocenters. The Morgan fingerprint density at radius 3 is 3.12 bits per heavy atom. The summed E-state index contributed by atoms with van der Waals surface area (Å²) in [7, 11) is 1.89. The van der Waals surface area contributed by atoms with Gasteiger partial charge in [0.25, 0.3) is 0 Å². The fourth-order valence-electron chi connectivity index (χ4n) is 1.52. The molecule has 16 heavy (non-hydrogen) atoms. The number of fused-ring (bicyclic) bond motifs is 1. The van der Waals surface area contributed by atoms with Gasteiger partial charge in [-0.3, -0.25) is 4.98 Å². The van der Waals surface area contributed by atoms with Crippen molar-refractivity contribution in [2.24, 2.45) is 0 Å². The van der Waals surface area contributed by atoms with Crippen molar-refractivity contribution in [3.8, 4) is 6.07 Å². The molecule has 5 nitrogen and oxygen atoms in total. The van der Waals surface area contributed by atoms with Crippen LogP contribution >= 0.6 is 0 Å². The zero-order valence-electron chi connectivity index (χ0n) is 8.86. The van der Waals surface area contributed by atoms with Crippen LogP contribution in [0.3, 0.4) is 0 Å². The topological polar surface area (TPSA) is 73.0 Å². The molecule has 1 N–H and O–H groups in total. The molecule has 0 amide bonds. The monoisotopic (exact) mass is 217 g/mol. The predicted octanol–water partition coefficient (Wildman–Crippen LogP) is 1.47. The second kappa shape index (κ2) is 4.11. The first-order chi connectivity index (χ1) is 7.70. The Morgan fingerprint density at radius 2 is 2.38 bits per heavy atom. The van der Waals surface area contributed by atoms with E-state index in [-0.39, 0.29) is 0 Å². The highest BCUT2D eigenvalue weighted by molar-refractivity contribution is 5.76. The smallest absolute Gasteiger partial charge is 0.408 e. The molecule has 0 radical (unpaired) electrons. The van der Waals surface area contributed by atoms with Crippen LogP contribution < -0.4 is 10.7 Å². The summed E-state index contributed by atoms with van der Waals surface area (Å²) in [5, 5.41) is 8.50. The number of nitrogens with one attached hydrogen (secondary N) is 1. The number of benzene rings is 1. The molecule has 82 valence electrons. The molecular formula is C11H11N3O2. The van der Waals surface area contributed by atoms with Crippen LogP contribution in [0.4, 0.5) is 5.69 Å². The van der Waals surface area contributed by atoms with E-state index in [4.69, 9.17) is 9.68 Å². The third-order valence-corrected chi connectivity index (χ3v) is 2.40. The van der Waals surface area contributed by atoms with Crippen LogP contribution in [0, 0.1) is 11.3 Å². The molecule has 2 aromatic rings. The molecule has 0 aliphatic rings. The number of oxazole rings is 1. The van der Waals surface area contributed by atoms with Crippen molar-refractivity contribution in [2.45, 2.75) is 6.42 Å². The fraction of sp³-hybridized carbons (Fsp3) is 0.273. The summed E-state index contributed by atoms with van der Waals surface area (Å²) in [6, 6.07) is 7.54. The molecule has 0 aliphatic carbocycles. The number of nitrogens with zero attached hydrogens (tertiary/aromatic N) is 2. The minimum Gasteiger partial charge on any atom is -0.408 e. The lowest BCUT2D eigenvalue weighted by atomic mass is 10.2. The number of nitriles is 1. The van der Waals surface area contributed by atoms with Gasteiger partial charge in [-0.15, -0.1) is 0 Å². The Labute approximate surface area is 91.9 Å². The molecule has 1 heterocycles. The number of anilines is 1. The first-order valence-corrected chi connectivity index (χ1v) is 4.91. The SMILES string of the molecule is CN(CCC#N)c1ccc2[nH]c(=O)oc2c1. The van der Waals surface area contributed by atoms with E-state index in [0.29, 0.717) is 24.1 Å². The minimum atomic E-state index is -0.452. The van der Waals surface area contributed by atoms with Gasteiger partial charge in [0.1, 0.15) is 0 Å². The van der Waals surface area contributed by atoms with Gasteiger partial charge in [0, 0.05) is 25.3 Å². The lowest BCUT2D eigenvalue weighted by Gasteiger charge is -2.17. The highest BCUT2D eigenvalue weighted by Gasteiger charge is 2.05. The Bertz CT molecular complexity index is 591. The summed E-state index contributed by atoms with van der Waals surface area (Å²) < 4.78 is 4.96. The number of H-pyrrole nitrogens is 1. The maximum atomic E-state index is 11.0. The van der Waals surface area contributed by atoms with E-state index in [9.17, 15) is 4.79 Å². The van der Waals surface area contributed by atoms with Crippen LogP contribution in [-0.4, -0.2) is 18.6 Å². The normalized spacial score (nSPS) is 10.2. The van der Waals surface area contributed by atoms with Gasteiger partial charge in [0.2, 0.25) is 0 Å². The molecule has 5 heteroatoms. The minimum absolute atomic E-state index is 0.452. The quantitative estimate of drug-likeness (QED) is 0.844. The van der Waals surface area contributed by atoms with Gasteiger partial charge in [-0.25, -0.2) is 4.79 Å². The van der Waals surface area contributed by atoms with Crippen molar-refractivity contribution >= 4 is 16.8 Å². The number of hydrogen-bond donors (Lipinski definition) is 1. The van der Waals surface area contributed by atoms with Crippen LogP contribution in [0.1, 0.15) is 6.42 Å². The van der Waals surface area contributed by atoms with E-state index >= 15 is 0 Å². The summed E-state index contributed by atoms with van der Waals surface area (Å²) >= 11 is 0. The van der Waals surface area contributed by atoms with Gasteiger partial charge in [-0.2, -0.15) is 5.26 Å². The van der Waals surface area contributed by atoms with E-state index in [0.717, 1.165) is 5.69 Å². The lowest BCUT2D eigenvalue weighted by molar-refractivity contribution is 0.555. The van der Waals surface area contributed by atoms with Crippen LogP contribution in [0.2, 0.25) is 0 Å². The third kappa shape index (κ3) is 1.91. The molecule has 0 saturated heterocycles. The van der Waals surface area contributed by atoms with E-state index < -0.39 is 5.76 Å². The van der Waals surface area contributed by atoms with Crippen molar-refractivity contribution in [3.05, 3.63) is 28.7 Å². The van der Waals surface area contributed by atoms with Gasteiger partial charge in [0.05, 0.1) is 18.0 Å². The predicted molar refractivity (Wildman–Crippen MR) is 60.3 cm³/mol. The summed E-state index contributed by atoms with van der Waals surface area (Å²) in [6.07, 6.45) is 0.464. The molecule has 0 aliphatic heterocycles. The van der Waals surface area contributed by atoms with Gasteiger partial charge in [-0.1, -0.05) is 0 Å². The number of aromatic amines is 1. The zero-order valence-corrected chi connectivity index (χ0v) is 8.86. The summed E-state index contributed by atoms with van der Waals surface area (Å²) in [6.45, 7) is 0.649. The van der Waals surface area contributed by atoms with E-state index in [2.05, 4.69) is 11.1 Å². The maximum Gasteiger partial charge on any atom is 0.417 e. The van der Waals surface area contributed by atoms with Crippen molar-refractivity contribution < 1.29 is 4.42 Å². The molecule has 1 aromatic heterocycles. The molecular weight excluding hydrogens is 206 g/mol. The third-order valence-electron chi connectivity index (χ3n) is 2.40. The van der Waals surface area contributed by atoms with Crippen LogP contribution in [0.5, 0.6) is 0 Å². The van der Waals surface area contributed by atoms with E-state index in [1.165, 1.54) is 0 Å². The summed E-state index contributed by atoms with van der Waals surface area (Å²) in [5.74, 6) is -0.452. The van der Waals surface area contributed by atoms with E-state index in [1.807, 2.05) is 18.0 Å². The maximum absolute atomic E-state index is 11.0. The van der Waals surface area contributed by atoms with Gasteiger partial charge in [-0.05, 0) is 12.1 Å². The number of hydrogen-bond acceptors (Lipinski definition) is 4. The van der Waals surface area contributed by atoms with Crippen molar-refractivity contribution in [1.82, 2.24) is 4.98 Å². The van der Waals surface area contributed by atoms with Gasteiger partial charge in [0.15, 0.2) is 5.58 Å². The second-order valence-corrected chi connectivity index (χ2v) is 3.52. The first kappa shape index (κ1) is 10.3. The highest BCUT2D eigenvalue weighted by Crippen LogP contribution is 2.19. The average Bonchev–Trinajstić information content (AvgIpc) is 2.64. The first-order valence-electron chi connectivity index (χ1n) is 4.91. The Hall–Kier alpha value is -2.22. The Kier molecular flexibility index (Phi) is 2.64. The van der Waals surface area contributed by atoms with Crippen molar-refractivity contribution in [3.63, 3.8) is 0 Å². The zero-order chi connectivity index (χ0) is 11.5. The second-order valence-electron chi connectivity index (χ2n) is 3.52. The summed E-state index contributed by atoms with van der Waals surface area (Å²) in [5.41, 5.74) is 2.14. The molecule has 2 rings (SSSR count). The molecule has 0 fully saturated rings. The largest absolute Gasteiger partial charge is 0.417 e. The Morgan fingerprint density at radius 1 is 1.56 bits per heavy atom. The lowest BCUT2D eigenvalue weighted by Crippen LogP contribution is -2.17. The highest BCUT2D eigenvalue weighted by atomic mass is 16.4. The van der Waals surface area contributed by atoms with Crippen molar-refractivity contribution in [2.75, 3.05) is 18.5 Å². The van der Waals surface area contributed by atoms with Crippen LogP contribution in [0.25, 0.3) is 11.1 Å². The Balaban J connectivity index is 2.32. The van der Waals surface area contributed by atoms with Gasteiger partial charge < -0.3 is 9.32 Å². The number of aromatic nitrogens is 1. The van der Waals surface area contributed by atoms with Gasteiger partial charge >= 0.3 is 5.76 Å². The molecule has 0 bridgehead atoms. The van der Waals surface area contributed by atoms with E-state index in [1.54, 1.807) is 12.1 Å². The van der Waals surface area contributed by atoms with Crippen molar-refractivity contribution in [1.29, 1.82) is 5.26 Å². The van der Waals surface area contributed by atoms with Crippen LogP contribution in [-0.2, 0) is 0 Å². The number of rotatable bonds is 3. The average molecular weight is 217 g/mol. The fourth-order valence-corrected chi connectivity index (χ4v) is 1.52. The standard InChI is InChI=1S/C11H11N3O2/c1-14(6-2-5-12)8-3-4-9-10(7-8)16-11(15)13-9/h3-4,7H,2,6H2,1H3,(H,13,15). The molecule has 1 aromatic carbocycles. The molecule has 0 saturated carbocycles. The molecule has 0 unspecified atom stereocenters. The van der Waals surface area contributed by atoms with Crippen LogP contribution in [0.15, 0.2) is 27.4 Å².